The van der Waals surface area contributed by atoms with Crippen LogP contribution < -0.4 is 10.6 Å². The largest absolute Gasteiger partial charge is 0.351 e. The zero-order valence-corrected chi connectivity index (χ0v) is 9.25. The Morgan fingerprint density at radius 2 is 2.29 bits per heavy atom. The van der Waals surface area contributed by atoms with E-state index in [9.17, 15) is 4.79 Å². The second-order valence-corrected chi connectivity index (χ2v) is 4.28. The summed E-state index contributed by atoms with van der Waals surface area (Å²) in [5.74, 6) is 0. The highest BCUT2D eigenvalue weighted by molar-refractivity contribution is 9.10. The van der Waals surface area contributed by atoms with E-state index in [0.717, 1.165) is 29.5 Å². The summed E-state index contributed by atoms with van der Waals surface area (Å²) >= 11 is 3.39. The van der Waals surface area contributed by atoms with Crippen LogP contribution in [0.4, 0.5) is 10.5 Å². The van der Waals surface area contributed by atoms with Crippen molar-refractivity contribution in [3.63, 3.8) is 0 Å². The number of nitrogens with two attached hydrogens (primary N) is 1. The van der Waals surface area contributed by atoms with Gasteiger partial charge in [-0.2, -0.15) is 0 Å². The SMILES string of the molecule is NC(=O)N1CCCc2ccc(Br)cc21. The van der Waals surface area contributed by atoms with Gasteiger partial charge in [-0.1, -0.05) is 22.0 Å². The summed E-state index contributed by atoms with van der Waals surface area (Å²) in [7, 11) is 0. The molecule has 1 aliphatic rings. The highest BCUT2D eigenvalue weighted by Crippen LogP contribution is 2.29. The van der Waals surface area contributed by atoms with Crippen LogP contribution in [0, 0.1) is 0 Å². The van der Waals surface area contributed by atoms with E-state index in [-0.39, 0.29) is 6.03 Å². The number of hydrogen-bond acceptors (Lipinski definition) is 1. The predicted molar refractivity (Wildman–Crippen MR) is 59.4 cm³/mol. The van der Waals surface area contributed by atoms with E-state index in [2.05, 4.69) is 15.9 Å². The number of primary amides is 1. The highest BCUT2D eigenvalue weighted by Gasteiger charge is 2.20. The molecule has 1 heterocycles. The standard InChI is InChI=1S/C10H11BrN2O/c11-8-4-3-7-2-1-5-13(10(12)14)9(7)6-8/h3-4,6H,1-2,5H2,(H2,12,14). The van der Waals surface area contributed by atoms with Crippen molar-refractivity contribution >= 4 is 27.6 Å². The second-order valence-electron chi connectivity index (χ2n) is 3.37. The van der Waals surface area contributed by atoms with Gasteiger partial charge in [0.15, 0.2) is 0 Å². The zero-order valence-electron chi connectivity index (χ0n) is 7.66. The molecule has 1 aromatic carbocycles. The van der Waals surface area contributed by atoms with Crippen LogP contribution in [0.3, 0.4) is 0 Å². The zero-order chi connectivity index (χ0) is 10.1. The minimum Gasteiger partial charge on any atom is -0.351 e. The summed E-state index contributed by atoms with van der Waals surface area (Å²) in [6, 6.07) is 5.60. The molecule has 0 aliphatic carbocycles. The number of hydrogen-bond donors (Lipinski definition) is 1. The molecular formula is C10H11BrN2O. The second kappa shape index (κ2) is 3.61. The summed E-state index contributed by atoms with van der Waals surface area (Å²) in [4.78, 5) is 12.8. The highest BCUT2D eigenvalue weighted by atomic mass is 79.9. The molecule has 0 fully saturated rings. The predicted octanol–water partition coefficient (Wildman–Crippen LogP) is 2.28. The third-order valence-electron chi connectivity index (χ3n) is 2.43. The number of urea groups is 1. The summed E-state index contributed by atoms with van der Waals surface area (Å²) in [6.07, 6.45) is 2.00. The lowest BCUT2D eigenvalue weighted by Gasteiger charge is -2.27. The van der Waals surface area contributed by atoms with Crippen molar-refractivity contribution in [1.82, 2.24) is 0 Å². The monoisotopic (exact) mass is 254 g/mol. The Morgan fingerprint density at radius 1 is 1.50 bits per heavy atom. The van der Waals surface area contributed by atoms with E-state index in [1.54, 1.807) is 4.90 Å². The molecule has 0 spiro atoms. The molecule has 2 N–H and O–H groups in total. The fraction of sp³-hybridized carbons (Fsp3) is 0.300. The molecule has 0 radical (unpaired) electrons. The van der Waals surface area contributed by atoms with Crippen LogP contribution >= 0.6 is 15.9 Å². The number of aryl methyl sites for hydroxylation is 1. The molecule has 0 aromatic heterocycles. The average molecular weight is 255 g/mol. The number of carbonyl (C=O) groups excluding carboxylic acids is 1. The minimum atomic E-state index is -0.371. The first kappa shape index (κ1) is 9.52. The third-order valence-corrected chi connectivity index (χ3v) is 2.93. The van der Waals surface area contributed by atoms with Crippen molar-refractivity contribution in [1.29, 1.82) is 0 Å². The van der Waals surface area contributed by atoms with Crippen LogP contribution in [0.2, 0.25) is 0 Å². The lowest BCUT2D eigenvalue weighted by molar-refractivity contribution is 0.253. The van der Waals surface area contributed by atoms with Gasteiger partial charge in [-0.15, -0.1) is 0 Å². The van der Waals surface area contributed by atoms with Crippen LogP contribution in [0.15, 0.2) is 22.7 Å². The molecular weight excluding hydrogens is 244 g/mol. The Bertz CT molecular complexity index is 378. The smallest absolute Gasteiger partial charge is 0.319 e. The van der Waals surface area contributed by atoms with Crippen molar-refractivity contribution < 1.29 is 4.79 Å². The Labute approximate surface area is 91.0 Å². The van der Waals surface area contributed by atoms with Crippen LogP contribution in [0.5, 0.6) is 0 Å². The van der Waals surface area contributed by atoms with E-state index < -0.39 is 0 Å². The fourth-order valence-corrected chi connectivity index (χ4v) is 2.13. The maximum absolute atomic E-state index is 11.2. The van der Waals surface area contributed by atoms with Gasteiger partial charge in [0.05, 0.1) is 0 Å². The van der Waals surface area contributed by atoms with Crippen LogP contribution in [0.25, 0.3) is 0 Å². The molecule has 4 heteroatoms. The molecule has 0 atom stereocenters. The summed E-state index contributed by atoms with van der Waals surface area (Å²) in [5.41, 5.74) is 7.44. The van der Waals surface area contributed by atoms with E-state index in [4.69, 9.17) is 5.73 Å². The molecule has 14 heavy (non-hydrogen) atoms. The first-order valence-corrected chi connectivity index (χ1v) is 5.33. The van der Waals surface area contributed by atoms with E-state index >= 15 is 0 Å². The number of carbonyl (C=O) groups is 1. The van der Waals surface area contributed by atoms with Crippen molar-refractivity contribution in [2.45, 2.75) is 12.8 Å². The summed E-state index contributed by atoms with van der Waals surface area (Å²) in [5, 5.41) is 0. The van der Waals surface area contributed by atoms with E-state index in [0.29, 0.717) is 0 Å². The Hall–Kier alpha value is -1.03. The van der Waals surface area contributed by atoms with E-state index in [1.807, 2.05) is 18.2 Å². The van der Waals surface area contributed by atoms with Gasteiger partial charge in [-0.3, -0.25) is 4.90 Å². The molecule has 3 nitrogen and oxygen atoms in total. The quantitative estimate of drug-likeness (QED) is 0.759. The van der Waals surface area contributed by atoms with Gasteiger partial charge in [-0.25, -0.2) is 4.79 Å². The molecule has 0 unspecified atom stereocenters. The number of halogens is 1. The van der Waals surface area contributed by atoms with Crippen molar-refractivity contribution in [2.75, 3.05) is 11.4 Å². The van der Waals surface area contributed by atoms with Crippen molar-refractivity contribution in [3.05, 3.63) is 28.2 Å². The van der Waals surface area contributed by atoms with Gasteiger partial charge in [0, 0.05) is 16.7 Å². The molecule has 2 amide bonds. The van der Waals surface area contributed by atoms with Gasteiger partial charge in [0.2, 0.25) is 0 Å². The molecule has 2 rings (SSSR count). The number of fused-ring (bicyclic) bond motifs is 1. The van der Waals surface area contributed by atoms with Gasteiger partial charge in [0.25, 0.3) is 0 Å². The maximum Gasteiger partial charge on any atom is 0.319 e. The molecule has 1 aromatic rings. The Kier molecular flexibility index (Phi) is 2.46. The number of benzene rings is 1. The number of nitrogens with zero attached hydrogens (tertiary/aromatic N) is 1. The number of anilines is 1. The number of rotatable bonds is 0. The Morgan fingerprint density at radius 3 is 3.00 bits per heavy atom. The summed E-state index contributed by atoms with van der Waals surface area (Å²) in [6.45, 7) is 0.721. The lowest BCUT2D eigenvalue weighted by Crippen LogP contribution is -2.39. The lowest BCUT2D eigenvalue weighted by atomic mass is 10.0. The minimum absolute atomic E-state index is 0.371. The normalized spacial score (nSPS) is 15.1. The third kappa shape index (κ3) is 1.62. The fourth-order valence-electron chi connectivity index (χ4n) is 1.78. The first-order chi connectivity index (χ1) is 6.68. The first-order valence-electron chi connectivity index (χ1n) is 4.54. The topological polar surface area (TPSA) is 46.3 Å². The molecule has 0 saturated heterocycles. The van der Waals surface area contributed by atoms with Gasteiger partial charge in [-0.05, 0) is 30.5 Å². The van der Waals surface area contributed by atoms with Crippen molar-refractivity contribution in [3.8, 4) is 0 Å². The maximum atomic E-state index is 11.2. The summed E-state index contributed by atoms with van der Waals surface area (Å²) < 4.78 is 0.976. The van der Waals surface area contributed by atoms with Gasteiger partial charge in [0.1, 0.15) is 0 Å². The van der Waals surface area contributed by atoms with Gasteiger partial charge >= 0.3 is 6.03 Å². The van der Waals surface area contributed by atoms with E-state index in [1.165, 1.54) is 5.56 Å². The average Bonchev–Trinajstić information content (AvgIpc) is 2.16. The molecule has 74 valence electrons. The molecule has 0 bridgehead atoms. The van der Waals surface area contributed by atoms with Crippen LogP contribution in [-0.2, 0) is 6.42 Å². The molecule has 0 saturated carbocycles. The van der Waals surface area contributed by atoms with Crippen molar-refractivity contribution in [2.24, 2.45) is 5.73 Å². The Balaban J connectivity index is 2.46. The van der Waals surface area contributed by atoms with Crippen LogP contribution in [-0.4, -0.2) is 12.6 Å². The van der Waals surface area contributed by atoms with Crippen LogP contribution in [0.1, 0.15) is 12.0 Å². The molecule has 1 aliphatic heterocycles. The van der Waals surface area contributed by atoms with Gasteiger partial charge < -0.3 is 5.73 Å². The number of amides is 2.